The minimum Gasteiger partial charge on any atom is -0.509 e. The molecule has 6 aromatic heterocycles. The third kappa shape index (κ3) is 8.80. The zero-order valence-corrected chi connectivity index (χ0v) is 48.0. The zero-order chi connectivity index (χ0) is 51.3. The molecule has 6 heterocycles. The maximum Gasteiger partial charge on any atom is 2.00 e. The van der Waals surface area contributed by atoms with Crippen LogP contribution in [-0.4, -0.2) is 44.1 Å². The van der Waals surface area contributed by atoms with Crippen molar-refractivity contribution >= 4 is 65.4 Å². The van der Waals surface area contributed by atoms with Gasteiger partial charge in [-0.25, -0.2) is 9.97 Å². The summed E-state index contributed by atoms with van der Waals surface area (Å²) in [7, 11) is 0. The van der Waals surface area contributed by atoms with Gasteiger partial charge >= 0.3 is 42.1 Å². The molecule has 0 unspecified atom stereocenters. The molecular weight excluding hydrogens is 1320 g/mol. The number of fused-ring (bicyclic) bond motifs is 9. The Balaban J connectivity index is 0.00000315. The molecule has 0 fully saturated rings. The van der Waals surface area contributed by atoms with E-state index in [0.717, 1.165) is 93.8 Å². The molecule has 0 atom stereocenters. The molecule has 7 aromatic carbocycles. The minimum atomic E-state index is -0.254. The van der Waals surface area contributed by atoms with Crippen LogP contribution in [0, 0.1) is 38.1 Å². The molecular formula is C64H49N9O2Pt2. The number of ether oxygens (including phenoxy) is 2. The smallest absolute Gasteiger partial charge is 0.509 e. The van der Waals surface area contributed by atoms with E-state index >= 15 is 0 Å². The van der Waals surface area contributed by atoms with Gasteiger partial charge < -0.3 is 23.2 Å². The van der Waals surface area contributed by atoms with Crippen molar-refractivity contribution in [1.29, 1.82) is 0 Å². The normalized spacial score (nSPS) is 11.9. The Bertz CT molecular complexity index is 4150. The van der Waals surface area contributed by atoms with Gasteiger partial charge in [-0.15, -0.1) is 80.1 Å². The van der Waals surface area contributed by atoms with Gasteiger partial charge in [-0.1, -0.05) is 141 Å². The van der Waals surface area contributed by atoms with Crippen LogP contribution in [-0.2, 0) is 53.0 Å². The fraction of sp³-hybridized carbons (Fsp3) is 0.156. The van der Waals surface area contributed by atoms with Crippen LogP contribution in [0.4, 0.5) is 0 Å². The average molecular weight is 1370 g/mol. The van der Waals surface area contributed by atoms with Gasteiger partial charge in [0.05, 0.1) is 0 Å². The Morgan fingerprint density at radius 2 is 0.844 bits per heavy atom. The molecule has 382 valence electrons. The van der Waals surface area contributed by atoms with E-state index < -0.39 is 0 Å². The van der Waals surface area contributed by atoms with Crippen molar-refractivity contribution in [3.63, 3.8) is 0 Å². The summed E-state index contributed by atoms with van der Waals surface area (Å²) in [5.41, 5.74) is 9.78. The van der Waals surface area contributed by atoms with Crippen LogP contribution in [0.2, 0.25) is 0 Å². The van der Waals surface area contributed by atoms with Gasteiger partial charge in [-0.2, -0.15) is 22.9 Å². The molecule has 77 heavy (non-hydrogen) atoms. The van der Waals surface area contributed by atoms with Crippen molar-refractivity contribution in [3.05, 3.63) is 198 Å². The molecule has 0 aliphatic heterocycles. The summed E-state index contributed by atoms with van der Waals surface area (Å²) in [5.74, 6) is 4.26. The summed E-state index contributed by atoms with van der Waals surface area (Å²) < 4.78 is 19.9. The zero-order valence-electron chi connectivity index (χ0n) is 43.4. The number of hydrogen-bond donors (Lipinski definition) is 0. The summed E-state index contributed by atoms with van der Waals surface area (Å²) >= 11 is 0. The Morgan fingerprint density at radius 1 is 0.416 bits per heavy atom. The topological polar surface area (TPSA) is 111 Å². The van der Waals surface area contributed by atoms with Crippen molar-refractivity contribution in [3.8, 4) is 52.0 Å². The summed E-state index contributed by atoms with van der Waals surface area (Å²) in [5, 5.41) is 25.1. The summed E-state index contributed by atoms with van der Waals surface area (Å²) in [6.45, 7) is 17.4. The summed E-state index contributed by atoms with van der Waals surface area (Å²) in [6, 6.07) is 61.5. The van der Waals surface area contributed by atoms with Crippen LogP contribution in [0.15, 0.2) is 152 Å². The quantitative estimate of drug-likeness (QED) is 0.138. The second-order valence-electron chi connectivity index (χ2n) is 21.1. The van der Waals surface area contributed by atoms with E-state index in [0.29, 0.717) is 39.9 Å². The number of pyridine rings is 2. The molecule has 13 aromatic rings. The Hall–Kier alpha value is -7.84. The van der Waals surface area contributed by atoms with Gasteiger partial charge in [0.1, 0.15) is 11.6 Å². The molecule has 0 bridgehead atoms. The van der Waals surface area contributed by atoms with Gasteiger partial charge in [0.2, 0.25) is 5.82 Å². The number of rotatable bonds is 8. The fourth-order valence-electron chi connectivity index (χ4n) is 10.7. The molecule has 13 heteroatoms. The summed E-state index contributed by atoms with van der Waals surface area (Å²) in [6.07, 6.45) is 3.63. The van der Waals surface area contributed by atoms with Crippen molar-refractivity contribution in [1.82, 2.24) is 44.1 Å². The number of para-hydroxylation sites is 2. The van der Waals surface area contributed by atoms with Gasteiger partial charge in [0, 0.05) is 52.0 Å². The Morgan fingerprint density at radius 3 is 1.27 bits per heavy atom. The van der Waals surface area contributed by atoms with Gasteiger partial charge in [-0.3, -0.25) is 0 Å². The van der Waals surface area contributed by atoms with E-state index in [1.807, 2.05) is 110 Å². The Labute approximate surface area is 474 Å². The largest absolute Gasteiger partial charge is 2.00 e. The van der Waals surface area contributed by atoms with Crippen LogP contribution in [0.25, 0.3) is 94.4 Å². The summed E-state index contributed by atoms with van der Waals surface area (Å²) in [4.78, 5) is 9.57. The second kappa shape index (κ2) is 19.6. The number of nitrogens with zero attached hydrogens (tertiary/aromatic N) is 9. The fourth-order valence-corrected chi connectivity index (χ4v) is 10.7. The first-order valence-corrected chi connectivity index (χ1v) is 25.0. The minimum absolute atomic E-state index is 0. The van der Waals surface area contributed by atoms with Crippen molar-refractivity contribution in [2.24, 2.45) is 0 Å². The molecule has 0 radical (unpaired) electrons. The van der Waals surface area contributed by atoms with E-state index in [1.54, 1.807) is 0 Å². The monoisotopic (exact) mass is 1370 g/mol. The van der Waals surface area contributed by atoms with Crippen LogP contribution in [0.1, 0.15) is 63.8 Å². The molecule has 0 saturated heterocycles. The molecule has 0 saturated carbocycles. The molecule has 0 aliphatic carbocycles. The van der Waals surface area contributed by atoms with Gasteiger partial charge in [-0.05, 0) is 83.0 Å². The predicted molar refractivity (Wildman–Crippen MR) is 297 cm³/mol. The first kappa shape index (κ1) is 51.3. The molecule has 0 N–H and O–H groups in total. The first-order valence-electron chi connectivity index (χ1n) is 25.0. The van der Waals surface area contributed by atoms with Gasteiger partial charge in [0.25, 0.3) is 5.95 Å². The number of hydrogen-bond acceptors (Lipinski definition) is 8. The average Bonchev–Trinajstić information content (AvgIpc) is 4.11. The van der Waals surface area contributed by atoms with Crippen LogP contribution in [0.5, 0.6) is 23.0 Å². The number of aromatic nitrogens is 9. The first-order chi connectivity index (χ1) is 36.3. The number of aryl methyl sites for hydroxylation is 2. The van der Waals surface area contributed by atoms with Crippen LogP contribution >= 0.6 is 0 Å². The van der Waals surface area contributed by atoms with E-state index in [4.69, 9.17) is 29.6 Å². The van der Waals surface area contributed by atoms with Crippen molar-refractivity contribution in [2.75, 3.05) is 0 Å². The van der Waals surface area contributed by atoms with Crippen molar-refractivity contribution < 1.29 is 51.6 Å². The van der Waals surface area contributed by atoms with Crippen LogP contribution in [0.3, 0.4) is 0 Å². The molecule has 13 rings (SSSR count). The Kier molecular flexibility index (Phi) is 13.1. The maximum absolute atomic E-state index is 6.87. The molecule has 11 nitrogen and oxygen atoms in total. The number of benzene rings is 7. The van der Waals surface area contributed by atoms with Gasteiger partial charge in [0.15, 0.2) is 0 Å². The predicted octanol–water partition coefficient (Wildman–Crippen LogP) is 15.0. The van der Waals surface area contributed by atoms with E-state index in [2.05, 4.69) is 146 Å². The molecule has 0 amide bonds. The SMILES string of the molecule is Cc1cccc(C)c1-c1nnc(-n2c3[c-]c(Oc4[c-]c5c(c(C(C)(C)C)c4)c4ccccc4n5-c4ccccn4)ccc3c3ccc(Oc4[c-]c5c(c(C(C)(C)C)c4)c4ccccc4n5-c4ccccn4)[c-]c32)nn1.[Pt+2].[Pt+2]. The maximum atomic E-state index is 6.87. The van der Waals surface area contributed by atoms with E-state index in [9.17, 15) is 0 Å². The van der Waals surface area contributed by atoms with Crippen LogP contribution < -0.4 is 9.47 Å². The third-order valence-corrected chi connectivity index (χ3v) is 14.0. The van der Waals surface area contributed by atoms with E-state index in [1.165, 1.54) is 0 Å². The standard InChI is InChI=1S/C64H49N9O2.2Pt/c1-38-18-17-19-39(2)58(38)61-67-69-62(70-68-61)73-52-34-40(74-42-32-48(63(3,4)5)59-46-20-9-11-22-50(46)71(54(59)36-42)56-24-13-15-30-65-56)26-28-44(52)45-29-27-41(35-53(45)73)75-43-33-49(64(6,7)8)60-47-21-10-12-23-51(47)72(55(60)37-43)57-25-14-16-31-66-57;;/h9-33H,1-8H3;;/q-4;2*+2. The third-order valence-electron chi connectivity index (χ3n) is 14.0. The van der Waals surface area contributed by atoms with E-state index in [-0.39, 0.29) is 58.9 Å². The second-order valence-corrected chi connectivity index (χ2v) is 21.1. The molecule has 0 spiro atoms. The molecule has 0 aliphatic rings. The van der Waals surface area contributed by atoms with Crippen molar-refractivity contribution in [2.45, 2.75) is 66.2 Å².